The van der Waals surface area contributed by atoms with Crippen LogP contribution >= 0.6 is 0 Å². The van der Waals surface area contributed by atoms with Gasteiger partial charge in [-0.3, -0.25) is 0 Å². The van der Waals surface area contributed by atoms with Gasteiger partial charge in [0.15, 0.2) is 17.5 Å². The van der Waals surface area contributed by atoms with Crippen molar-refractivity contribution in [1.82, 2.24) is 15.0 Å². The zero-order valence-electron chi connectivity index (χ0n) is 23.0. The van der Waals surface area contributed by atoms with E-state index in [4.69, 9.17) is 19.4 Å². The highest BCUT2D eigenvalue weighted by atomic mass is 16.3. The van der Waals surface area contributed by atoms with E-state index in [1.54, 1.807) is 0 Å². The molecule has 0 aliphatic heterocycles. The van der Waals surface area contributed by atoms with Crippen molar-refractivity contribution < 1.29 is 4.42 Å². The molecular formula is C39H23N3O. The summed E-state index contributed by atoms with van der Waals surface area (Å²) in [5.41, 5.74) is 4.65. The first-order chi connectivity index (χ1) is 21.3. The second-order valence-electron chi connectivity index (χ2n) is 10.8. The molecule has 0 spiro atoms. The molecular weight excluding hydrogens is 526 g/mol. The van der Waals surface area contributed by atoms with E-state index in [2.05, 4.69) is 66.7 Å². The fourth-order valence-corrected chi connectivity index (χ4v) is 6.25. The second-order valence-corrected chi connectivity index (χ2v) is 10.8. The Hall–Kier alpha value is -5.87. The third kappa shape index (κ3) is 3.81. The fraction of sp³-hybridized carbons (Fsp3) is 0. The summed E-state index contributed by atoms with van der Waals surface area (Å²) in [4.78, 5) is 14.8. The normalized spacial score (nSPS) is 11.7. The van der Waals surface area contributed by atoms with Crippen LogP contribution in [0.1, 0.15) is 0 Å². The number of nitrogens with zero attached hydrogens (tertiary/aromatic N) is 3. The summed E-state index contributed by atoms with van der Waals surface area (Å²) in [6.07, 6.45) is 0. The Balaban J connectivity index is 1.32. The molecule has 4 nitrogen and oxygen atoms in total. The minimum Gasteiger partial charge on any atom is -0.456 e. The molecule has 7 aromatic carbocycles. The van der Waals surface area contributed by atoms with Crippen LogP contribution in [0.5, 0.6) is 0 Å². The van der Waals surface area contributed by atoms with E-state index in [1.165, 1.54) is 21.5 Å². The predicted octanol–water partition coefficient (Wildman–Crippen LogP) is 10.2. The maximum absolute atomic E-state index is 6.30. The van der Waals surface area contributed by atoms with Gasteiger partial charge < -0.3 is 4.42 Å². The first-order valence-electron chi connectivity index (χ1n) is 14.4. The Kier molecular flexibility index (Phi) is 5.16. The third-order valence-electron chi connectivity index (χ3n) is 8.29. The molecule has 0 N–H and O–H groups in total. The van der Waals surface area contributed by atoms with Crippen molar-refractivity contribution in [3.05, 3.63) is 140 Å². The summed E-state index contributed by atoms with van der Waals surface area (Å²) in [5.74, 6) is 1.95. The highest BCUT2D eigenvalue weighted by molar-refractivity contribution is 6.28. The summed E-state index contributed by atoms with van der Waals surface area (Å²) in [7, 11) is 0. The summed E-state index contributed by atoms with van der Waals surface area (Å²) in [6.45, 7) is 0. The number of hydrogen-bond donors (Lipinski definition) is 0. The van der Waals surface area contributed by atoms with Crippen molar-refractivity contribution >= 4 is 54.3 Å². The molecule has 43 heavy (non-hydrogen) atoms. The number of aromatic nitrogens is 3. The van der Waals surface area contributed by atoms with Crippen molar-refractivity contribution in [2.75, 3.05) is 0 Å². The zero-order chi connectivity index (χ0) is 28.3. The van der Waals surface area contributed by atoms with Crippen LogP contribution in [0.25, 0.3) is 88.4 Å². The summed E-state index contributed by atoms with van der Waals surface area (Å²) in [5, 5.41) is 9.37. The molecule has 0 amide bonds. The van der Waals surface area contributed by atoms with E-state index >= 15 is 0 Å². The van der Waals surface area contributed by atoms with Gasteiger partial charge in [-0.05, 0) is 56.6 Å². The largest absolute Gasteiger partial charge is 0.456 e. The number of hydrogen-bond acceptors (Lipinski definition) is 4. The van der Waals surface area contributed by atoms with E-state index in [1.807, 2.05) is 72.8 Å². The number of rotatable bonds is 3. The average molecular weight is 550 g/mol. The SMILES string of the molecule is c1ccc(-c2nc(-c3ccccc3)nc(-c3ccc4c(c3)c3ccccc3c3cc5c(cc43)oc3ccccc35)n2)cc1. The van der Waals surface area contributed by atoms with Crippen LogP contribution in [0.15, 0.2) is 144 Å². The van der Waals surface area contributed by atoms with E-state index in [9.17, 15) is 0 Å². The third-order valence-corrected chi connectivity index (χ3v) is 8.29. The fourth-order valence-electron chi connectivity index (χ4n) is 6.25. The molecule has 0 radical (unpaired) electrons. The standard InChI is InChI=1S/C39H23N3O/c1-3-11-24(12-4-1)37-40-38(25-13-5-2-6-14-25)42-39(41-37)26-19-20-29-31(21-26)27-15-7-8-16-28(27)32-22-34-30-17-9-10-18-35(30)43-36(34)23-33(29)32/h1-23H. The van der Waals surface area contributed by atoms with Gasteiger partial charge in [0.1, 0.15) is 11.2 Å². The molecule has 0 atom stereocenters. The Labute approximate surface area is 246 Å². The molecule has 4 heteroatoms. The van der Waals surface area contributed by atoms with E-state index in [-0.39, 0.29) is 0 Å². The van der Waals surface area contributed by atoms with Gasteiger partial charge in [0.2, 0.25) is 0 Å². The summed E-state index contributed by atoms with van der Waals surface area (Å²) in [6, 6.07) is 48.1. The van der Waals surface area contributed by atoms with Crippen LogP contribution in [-0.2, 0) is 0 Å². The molecule has 0 unspecified atom stereocenters. The summed E-state index contributed by atoms with van der Waals surface area (Å²) < 4.78 is 6.30. The highest BCUT2D eigenvalue weighted by Crippen LogP contribution is 2.41. The lowest BCUT2D eigenvalue weighted by Crippen LogP contribution is -2.00. The Morgan fingerprint density at radius 2 is 0.791 bits per heavy atom. The number of benzene rings is 7. The smallest absolute Gasteiger partial charge is 0.164 e. The van der Waals surface area contributed by atoms with Gasteiger partial charge >= 0.3 is 0 Å². The van der Waals surface area contributed by atoms with Crippen LogP contribution in [-0.4, -0.2) is 15.0 Å². The molecule has 0 saturated heterocycles. The Morgan fingerprint density at radius 1 is 0.302 bits per heavy atom. The quantitative estimate of drug-likeness (QED) is 0.206. The van der Waals surface area contributed by atoms with Gasteiger partial charge in [0.05, 0.1) is 0 Å². The number of furan rings is 1. The summed E-state index contributed by atoms with van der Waals surface area (Å²) >= 11 is 0. The van der Waals surface area contributed by atoms with Crippen LogP contribution in [0.4, 0.5) is 0 Å². The lowest BCUT2D eigenvalue weighted by Gasteiger charge is -2.13. The van der Waals surface area contributed by atoms with Crippen molar-refractivity contribution in [3.63, 3.8) is 0 Å². The molecule has 0 aliphatic carbocycles. The average Bonchev–Trinajstić information content (AvgIpc) is 3.45. The van der Waals surface area contributed by atoms with E-state index in [0.717, 1.165) is 49.4 Å². The van der Waals surface area contributed by atoms with Crippen LogP contribution < -0.4 is 0 Å². The minimum absolute atomic E-state index is 0.645. The van der Waals surface area contributed by atoms with Crippen LogP contribution in [0.3, 0.4) is 0 Å². The molecule has 200 valence electrons. The molecule has 0 bridgehead atoms. The molecule has 9 aromatic rings. The van der Waals surface area contributed by atoms with Crippen LogP contribution in [0.2, 0.25) is 0 Å². The van der Waals surface area contributed by atoms with E-state index in [0.29, 0.717) is 17.5 Å². The van der Waals surface area contributed by atoms with Crippen molar-refractivity contribution in [3.8, 4) is 34.2 Å². The van der Waals surface area contributed by atoms with Gasteiger partial charge in [0.25, 0.3) is 0 Å². The predicted molar refractivity (Wildman–Crippen MR) is 176 cm³/mol. The van der Waals surface area contributed by atoms with E-state index < -0.39 is 0 Å². The minimum atomic E-state index is 0.645. The zero-order valence-corrected chi connectivity index (χ0v) is 23.0. The van der Waals surface area contributed by atoms with Crippen molar-refractivity contribution in [2.24, 2.45) is 0 Å². The molecule has 0 aliphatic rings. The number of para-hydroxylation sites is 1. The molecule has 0 fully saturated rings. The first-order valence-corrected chi connectivity index (χ1v) is 14.4. The molecule has 0 saturated carbocycles. The monoisotopic (exact) mass is 549 g/mol. The lowest BCUT2D eigenvalue weighted by atomic mass is 9.92. The Morgan fingerprint density at radius 3 is 1.44 bits per heavy atom. The first kappa shape index (κ1) is 23.8. The van der Waals surface area contributed by atoms with Crippen molar-refractivity contribution in [2.45, 2.75) is 0 Å². The maximum atomic E-state index is 6.30. The molecule has 9 rings (SSSR count). The number of fused-ring (bicyclic) bond motifs is 9. The van der Waals surface area contributed by atoms with Gasteiger partial charge in [-0.25, -0.2) is 15.0 Å². The lowest BCUT2D eigenvalue weighted by molar-refractivity contribution is 0.669. The molecule has 2 aromatic heterocycles. The van der Waals surface area contributed by atoms with Gasteiger partial charge in [-0.15, -0.1) is 0 Å². The highest BCUT2D eigenvalue weighted by Gasteiger charge is 2.16. The topological polar surface area (TPSA) is 51.8 Å². The van der Waals surface area contributed by atoms with Gasteiger partial charge in [-0.2, -0.15) is 0 Å². The van der Waals surface area contributed by atoms with Crippen LogP contribution in [0, 0.1) is 0 Å². The van der Waals surface area contributed by atoms with Gasteiger partial charge in [0, 0.05) is 27.5 Å². The Bertz CT molecular complexity index is 2440. The molecule has 2 heterocycles. The maximum Gasteiger partial charge on any atom is 0.164 e. The van der Waals surface area contributed by atoms with Crippen molar-refractivity contribution in [1.29, 1.82) is 0 Å². The second kappa shape index (κ2) is 9.33. The van der Waals surface area contributed by atoms with Gasteiger partial charge in [-0.1, -0.05) is 115 Å².